The number of piperazine rings is 1. The van der Waals surface area contributed by atoms with Gasteiger partial charge in [-0.3, -0.25) is 9.69 Å². The monoisotopic (exact) mass is 362 g/mol. The molecule has 0 aromatic heterocycles. The maximum Gasteiger partial charge on any atom is 0.159 e. The van der Waals surface area contributed by atoms with E-state index in [1.807, 2.05) is 6.07 Å². The molecule has 5 heteroatoms. The molecule has 1 heterocycles. The Hall–Kier alpha value is -2.84. The molecule has 1 N–H and O–H groups in total. The Kier molecular flexibility index (Phi) is 6.10. The second-order valence-electron chi connectivity index (χ2n) is 7.10. The number of rotatable bonds is 6. The van der Waals surface area contributed by atoms with Crippen LogP contribution in [0, 0.1) is 11.3 Å². The van der Waals surface area contributed by atoms with E-state index in [4.69, 9.17) is 0 Å². The van der Waals surface area contributed by atoms with Gasteiger partial charge in [-0.05, 0) is 44.2 Å². The van der Waals surface area contributed by atoms with Gasteiger partial charge in [0.25, 0.3) is 0 Å². The Morgan fingerprint density at radius 3 is 2.48 bits per heavy atom. The molecule has 0 amide bonds. The molecule has 0 spiro atoms. The van der Waals surface area contributed by atoms with Gasteiger partial charge < -0.3 is 10.2 Å². The smallest absolute Gasteiger partial charge is 0.159 e. The molecule has 0 radical (unpaired) electrons. The van der Waals surface area contributed by atoms with Gasteiger partial charge in [-0.1, -0.05) is 18.2 Å². The van der Waals surface area contributed by atoms with Crippen molar-refractivity contribution in [3.63, 3.8) is 0 Å². The maximum atomic E-state index is 11.6. The van der Waals surface area contributed by atoms with Crippen LogP contribution in [0.3, 0.4) is 0 Å². The molecule has 3 rings (SSSR count). The summed E-state index contributed by atoms with van der Waals surface area (Å²) in [7, 11) is 0. The van der Waals surface area contributed by atoms with Crippen molar-refractivity contribution in [1.29, 1.82) is 5.26 Å². The first-order chi connectivity index (χ1) is 13.1. The topological polar surface area (TPSA) is 59.4 Å². The predicted octanol–water partition coefficient (Wildman–Crippen LogP) is 3.38. The van der Waals surface area contributed by atoms with Gasteiger partial charge in [-0.15, -0.1) is 0 Å². The maximum absolute atomic E-state index is 11.6. The van der Waals surface area contributed by atoms with Crippen molar-refractivity contribution in [2.45, 2.75) is 19.9 Å². The van der Waals surface area contributed by atoms with Crippen molar-refractivity contribution in [1.82, 2.24) is 4.90 Å². The van der Waals surface area contributed by atoms with E-state index in [2.05, 4.69) is 52.4 Å². The lowest BCUT2D eigenvalue weighted by molar-refractivity contribution is 0.101. The summed E-state index contributed by atoms with van der Waals surface area (Å²) in [5.74, 6) is 0.00669. The van der Waals surface area contributed by atoms with Crippen LogP contribution in [0.25, 0.3) is 0 Å². The molecular formula is C22H26N4O. The fourth-order valence-corrected chi connectivity index (χ4v) is 3.51. The van der Waals surface area contributed by atoms with Gasteiger partial charge in [0.05, 0.1) is 11.3 Å². The highest BCUT2D eigenvalue weighted by Crippen LogP contribution is 2.20. The van der Waals surface area contributed by atoms with Crippen LogP contribution in [0.2, 0.25) is 0 Å². The van der Waals surface area contributed by atoms with Crippen LogP contribution in [0.4, 0.5) is 11.4 Å². The Morgan fingerprint density at radius 1 is 1.15 bits per heavy atom. The number of nitrogens with one attached hydrogen (secondary N) is 1. The molecule has 140 valence electrons. The van der Waals surface area contributed by atoms with Crippen LogP contribution in [0.15, 0.2) is 48.5 Å². The standard InChI is InChI=1S/C22H26N4O/c1-17(24-22-14-19(18(2)27)8-9-20(22)15-23)16-25-10-12-26(13-11-25)21-6-4-3-5-7-21/h3-9,14,17,24H,10-13,16H2,1-2H3. The summed E-state index contributed by atoms with van der Waals surface area (Å²) >= 11 is 0. The highest BCUT2D eigenvalue weighted by Gasteiger charge is 2.19. The SMILES string of the molecule is CC(=O)c1ccc(C#N)c(NC(C)CN2CCN(c3ccccc3)CC2)c1. The molecular weight excluding hydrogens is 336 g/mol. The normalized spacial score (nSPS) is 15.8. The van der Waals surface area contributed by atoms with Crippen molar-refractivity contribution in [3.05, 3.63) is 59.7 Å². The molecule has 1 aliphatic rings. The fraction of sp³-hybridized carbons (Fsp3) is 0.364. The summed E-state index contributed by atoms with van der Waals surface area (Å²) in [6.45, 7) is 8.61. The Balaban J connectivity index is 1.56. The molecule has 1 saturated heterocycles. The Labute approximate surface area is 161 Å². The second-order valence-corrected chi connectivity index (χ2v) is 7.10. The summed E-state index contributed by atoms with van der Waals surface area (Å²) in [6.07, 6.45) is 0. The number of carbonyl (C=O) groups is 1. The number of anilines is 2. The van der Waals surface area contributed by atoms with Crippen molar-refractivity contribution >= 4 is 17.2 Å². The number of carbonyl (C=O) groups excluding carboxylic acids is 1. The number of Topliss-reactive ketones (excluding diaryl/α,β-unsaturated/α-hetero) is 1. The van der Waals surface area contributed by atoms with Gasteiger partial charge in [0.15, 0.2) is 5.78 Å². The number of ketones is 1. The first-order valence-corrected chi connectivity index (χ1v) is 9.41. The van der Waals surface area contributed by atoms with E-state index < -0.39 is 0 Å². The third kappa shape index (κ3) is 4.87. The number of benzene rings is 2. The minimum absolute atomic E-state index is 0.00669. The number of hydrogen-bond acceptors (Lipinski definition) is 5. The van der Waals surface area contributed by atoms with Crippen LogP contribution < -0.4 is 10.2 Å². The van der Waals surface area contributed by atoms with Crippen LogP contribution >= 0.6 is 0 Å². The zero-order valence-electron chi connectivity index (χ0n) is 16.0. The lowest BCUT2D eigenvalue weighted by atomic mass is 10.1. The first kappa shape index (κ1) is 18.9. The van der Waals surface area contributed by atoms with Gasteiger partial charge in [0.2, 0.25) is 0 Å². The molecule has 2 aromatic carbocycles. The third-order valence-electron chi connectivity index (χ3n) is 4.97. The van der Waals surface area contributed by atoms with Crippen LogP contribution in [-0.4, -0.2) is 49.4 Å². The lowest BCUT2D eigenvalue weighted by Crippen LogP contribution is -2.49. The van der Waals surface area contributed by atoms with E-state index in [1.54, 1.807) is 25.1 Å². The van der Waals surface area contributed by atoms with Crippen molar-refractivity contribution < 1.29 is 4.79 Å². The zero-order valence-corrected chi connectivity index (χ0v) is 16.0. The molecule has 0 aliphatic carbocycles. The summed E-state index contributed by atoms with van der Waals surface area (Å²) in [4.78, 5) is 16.5. The van der Waals surface area contributed by atoms with E-state index >= 15 is 0 Å². The molecule has 1 aliphatic heterocycles. The van der Waals surface area contributed by atoms with Crippen molar-refractivity contribution in [2.75, 3.05) is 42.9 Å². The molecule has 0 bridgehead atoms. The van der Waals surface area contributed by atoms with E-state index in [1.165, 1.54) is 5.69 Å². The van der Waals surface area contributed by atoms with Gasteiger partial charge in [0.1, 0.15) is 6.07 Å². The lowest BCUT2D eigenvalue weighted by Gasteiger charge is -2.37. The van der Waals surface area contributed by atoms with Crippen molar-refractivity contribution in [3.8, 4) is 6.07 Å². The average Bonchev–Trinajstić information content (AvgIpc) is 2.69. The van der Waals surface area contributed by atoms with Crippen molar-refractivity contribution in [2.24, 2.45) is 0 Å². The Morgan fingerprint density at radius 2 is 1.85 bits per heavy atom. The summed E-state index contributed by atoms with van der Waals surface area (Å²) in [6, 6.07) is 18.1. The van der Waals surface area contributed by atoms with Gasteiger partial charge in [-0.25, -0.2) is 0 Å². The van der Waals surface area contributed by atoms with E-state index in [0.717, 1.165) is 38.4 Å². The van der Waals surface area contributed by atoms with E-state index in [0.29, 0.717) is 11.1 Å². The average molecular weight is 362 g/mol. The number of nitrogens with zero attached hydrogens (tertiary/aromatic N) is 3. The summed E-state index contributed by atoms with van der Waals surface area (Å²) in [5, 5.41) is 12.7. The molecule has 1 atom stereocenters. The molecule has 2 aromatic rings. The summed E-state index contributed by atoms with van der Waals surface area (Å²) < 4.78 is 0. The molecule has 27 heavy (non-hydrogen) atoms. The van der Waals surface area contributed by atoms with E-state index in [9.17, 15) is 10.1 Å². The molecule has 1 unspecified atom stereocenters. The predicted molar refractivity (Wildman–Crippen MR) is 109 cm³/mol. The van der Waals surface area contributed by atoms with Gasteiger partial charge in [-0.2, -0.15) is 5.26 Å². The van der Waals surface area contributed by atoms with Crippen LogP contribution in [-0.2, 0) is 0 Å². The zero-order chi connectivity index (χ0) is 19.2. The number of para-hydroxylation sites is 1. The highest BCUT2D eigenvalue weighted by molar-refractivity contribution is 5.95. The summed E-state index contributed by atoms with van der Waals surface area (Å²) in [5.41, 5.74) is 3.21. The largest absolute Gasteiger partial charge is 0.380 e. The minimum Gasteiger partial charge on any atom is -0.380 e. The fourth-order valence-electron chi connectivity index (χ4n) is 3.51. The number of nitriles is 1. The minimum atomic E-state index is 0.00669. The molecule has 1 fully saturated rings. The van der Waals surface area contributed by atoms with Crippen LogP contribution in [0.1, 0.15) is 29.8 Å². The number of hydrogen-bond donors (Lipinski definition) is 1. The molecule has 0 saturated carbocycles. The molecule has 5 nitrogen and oxygen atoms in total. The van der Waals surface area contributed by atoms with Crippen LogP contribution in [0.5, 0.6) is 0 Å². The second kappa shape index (κ2) is 8.70. The quantitative estimate of drug-likeness (QED) is 0.798. The Bertz CT molecular complexity index is 820. The first-order valence-electron chi connectivity index (χ1n) is 9.41. The van der Waals surface area contributed by atoms with E-state index in [-0.39, 0.29) is 11.8 Å². The van der Waals surface area contributed by atoms with Gasteiger partial charge >= 0.3 is 0 Å². The van der Waals surface area contributed by atoms with Gasteiger partial charge in [0, 0.05) is 50.0 Å². The highest BCUT2D eigenvalue weighted by atomic mass is 16.1. The third-order valence-corrected chi connectivity index (χ3v) is 4.97.